The van der Waals surface area contributed by atoms with E-state index >= 15 is 0 Å². The fourth-order valence-corrected chi connectivity index (χ4v) is 2.41. The topological polar surface area (TPSA) is 12.0 Å². The van der Waals surface area contributed by atoms with Crippen LogP contribution in [0.25, 0.3) is 0 Å². The van der Waals surface area contributed by atoms with Gasteiger partial charge in [-0.15, -0.1) is 0 Å². The van der Waals surface area contributed by atoms with Crippen molar-refractivity contribution in [2.75, 3.05) is 6.54 Å². The maximum atomic E-state index is 13.1. The minimum Gasteiger partial charge on any atom is -0.310 e. The summed E-state index contributed by atoms with van der Waals surface area (Å²) >= 11 is 3.11. The molecule has 0 fully saturated rings. The quantitative estimate of drug-likeness (QED) is 0.781. The number of hydrogen-bond donors (Lipinski definition) is 1. The van der Waals surface area contributed by atoms with E-state index in [-0.39, 0.29) is 12.0 Å². The van der Waals surface area contributed by atoms with Crippen LogP contribution in [-0.2, 0) is 6.18 Å². The summed E-state index contributed by atoms with van der Waals surface area (Å²) in [5.41, 5.74) is -0.247. The van der Waals surface area contributed by atoms with Gasteiger partial charge in [-0.25, -0.2) is 0 Å². The van der Waals surface area contributed by atoms with E-state index in [2.05, 4.69) is 21.2 Å². The first-order valence-electron chi connectivity index (χ1n) is 6.37. The van der Waals surface area contributed by atoms with Crippen molar-refractivity contribution in [3.05, 3.63) is 33.8 Å². The number of halogens is 4. The smallest absolute Gasteiger partial charge is 0.310 e. The standard InChI is InChI=1S/C14H19BrF3N/c1-4-7-19-13(9(2)3)11-6-5-10(15)8-12(11)14(16,17)18/h5-6,8-9,13,19H,4,7H2,1-3H3. The van der Waals surface area contributed by atoms with Gasteiger partial charge in [0.2, 0.25) is 0 Å². The highest BCUT2D eigenvalue weighted by Gasteiger charge is 2.35. The van der Waals surface area contributed by atoms with E-state index in [0.717, 1.165) is 12.5 Å². The number of benzene rings is 1. The average molecular weight is 338 g/mol. The van der Waals surface area contributed by atoms with Crippen molar-refractivity contribution in [2.45, 2.75) is 39.4 Å². The summed E-state index contributed by atoms with van der Waals surface area (Å²) in [6, 6.07) is 4.08. The third kappa shape index (κ3) is 4.49. The third-order valence-corrected chi connectivity index (χ3v) is 3.43. The molecule has 5 heteroatoms. The fourth-order valence-electron chi connectivity index (χ4n) is 2.05. The van der Waals surface area contributed by atoms with E-state index < -0.39 is 11.7 Å². The second-order valence-corrected chi connectivity index (χ2v) is 5.82. The molecule has 0 amide bonds. The molecule has 108 valence electrons. The summed E-state index contributed by atoms with van der Waals surface area (Å²) < 4.78 is 39.8. The molecule has 0 saturated heterocycles. The van der Waals surface area contributed by atoms with E-state index in [0.29, 0.717) is 16.6 Å². The van der Waals surface area contributed by atoms with Crippen LogP contribution < -0.4 is 5.32 Å². The van der Waals surface area contributed by atoms with Gasteiger partial charge in [-0.2, -0.15) is 13.2 Å². The Bertz CT molecular complexity index is 416. The molecule has 0 aromatic heterocycles. The Morgan fingerprint density at radius 3 is 2.37 bits per heavy atom. The van der Waals surface area contributed by atoms with Gasteiger partial charge in [0.05, 0.1) is 5.56 Å². The Balaban J connectivity index is 3.22. The first kappa shape index (κ1) is 16.5. The molecule has 0 spiro atoms. The minimum absolute atomic E-state index is 0.0915. The first-order valence-corrected chi connectivity index (χ1v) is 7.16. The lowest BCUT2D eigenvalue weighted by atomic mass is 9.91. The zero-order chi connectivity index (χ0) is 14.6. The molecule has 0 radical (unpaired) electrons. The van der Waals surface area contributed by atoms with Crippen molar-refractivity contribution in [2.24, 2.45) is 5.92 Å². The normalized spacial score (nSPS) is 13.9. The van der Waals surface area contributed by atoms with Crippen LogP contribution in [0, 0.1) is 5.92 Å². The highest BCUT2D eigenvalue weighted by molar-refractivity contribution is 9.10. The van der Waals surface area contributed by atoms with Crippen molar-refractivity contribution in [1.29, 1.82) is 0 Å². The van der Waals surface area contributed by atoms with Crippen LogP contribution in [0.4, 0.5) is 13.2 Å². The maximum Gasteiger partial charge on any atom is 0.416 e. The maximum absolute atomic E-state index is 13.1. The number of alkyl halides is 3. The zero-order valence-electron chi connectivity index (χ0n) is 11.3. The van der Waals surface area contributed by atoms with Crippen LogP contribution in [0.15, 0.2) is 22.7 Å². The SMILES string of the molecule is CCCNC(c1ccc(Br)cc1C(F)(F)F)C(C)C. The molecule has 1 N–H and O–H groups in total. The lowest BCUT2D eigenvalue weighted by Gasteiger charge is -2.26. The Labute approximate surface area is 120 Å². The van der Waals surface area contributed by atoms with Crippen LogP contribution in [0.3, 0.4) is 0 Å². The molecule has 1 atom stereocenters. The summed E-state index contributed by atoms with van der Waals surface area (Å²) in [5.74, 6) is 0.0915. The molecule has 1 unspecified atom stereocenters. The molecule has 0 heterocycles. The fraction of sp³-hybridized carbons (Fsp3) is 0.571. The van der Waals surface area contributed by atoms with E-state index in [1.807, 2.05) is 20.8 Å². The molecule has 0 bridgehead atoms. The summed E-state index contributed by atoms with van der Waals surface area (Å²) in [6.07, 6.45) is -3.44. The van der Waals surface area contributed by atoms with Gasteiger partial charge in [0, 0.05) is 10.5 Å². The molecule has 0 saturated carbocycles. The molecule has 1 aromatic carbocycles. The Morgan fingerprint density at radius 2 is 1.89 bits per heavy atom. The van der Waals surface area contributed by atoms with Gasteiger partial charge in [0.1, 0.15) is 0 Å². The van der Waals surface area contributed by atoms with E-state index in [4.69, 9.17) is 0 Å². The van der Waals surface area contributed by atoms with Gasteiger partial charge in [-0.1, -0.05) is 42.8 Å². The second-order valence-electron chi connectivity index (χ2n) is 4.91. The molecule has 0 aliphatic carbocycles. The molecular weight excluding hydrogens is 319 g/mol. The zero-order valence-corrected chi connectivity index (χ0v) is 12.9. The highest BCUT2D eigenvalue weighted by Crippen LogP contribution is 2.38. The molecule has 1 nitrogen and oxygen atoms in total. The van der Waals surface area contributed by atoms with Gasteiger partial charge in [0.15, 0.2) is 0 Å². The van der Waals surface area contributed by atoms with Crippen molar-refractivity contribution < 1.29 is 13.2 Å². The van der Waals surface area contributed by atoms with Gasteiger partial charge < -0.3 is 5.32 Å². The molecule has 1 aromatic rings. The van der Waals surface area contributed by atoms with Gasteiger partial charge >= 0.3 is 6.18 Å². The summed E-state index contributed by atoms with van der Waals surface area (Å²) in [4.78, 5) is 0. The summed E-state index contributed by atoms with van der Waals surface area (Å²) in [6.45, 7) is 6.55. The number of nitrogens with one attached hydrogen (secondary N) is 1. The second kappa shape index (κ2) is 6.75. The average Bonchev–Trinajstić information content (AvgIpc) is 2.29. The number of hydrogen-bond acceptors (Lipinski definition) is 1. The van der Waals surface area contributed by atoms with E-state index in [1.54, 1.807) is 12.1 Å². The highest BCUT2D eigenvalue weighted by atomic mass is 79.9. The number of rotatable bonds is 5. The predicted octanol–water partition coefficient (Wildman–Crippen LogP) is 5.16. The van der Waals surface area contributed by atoms with Crippen molar-refractivity contribution in [1.82, 2.24) is 5.32 Å². The minimum atomic E-state index is -4.33. The first-order chi connectivity index (χ1) is 8.77. The van der Waals surface area contributed by atoms with Gasteiger partial charge in [-0.3, -0.25) is 0 Å². The van der Waals surface area contributed by atoms with Crippen molar-refractivity contribution >= 4 is 15.9 Å². The lowest BCUT2D eigenvalue weighted by Crippen LogP contribution is -2.28. The predicted molar refractivity (Wildman–Crippen MR) is 75.0 cm³/mol. The van der Waals surface area contributed by atoms with Crippen LogP contribution in [0.1, 0.15) is 44.4 Å². The summed E-state index contributed by atoms with van der Waals surface area (Å²) in [5, 5.41) is 3.20. The molecule has 0 aliphatic rings. The summed E-state index contributed by atoms with van der Waals surface area (Å²) in [7, 11) is 0. The Kier molecular flexibility index (Phi) is 5.86. The third-order valence-electron chi connectivity index (χ3n) is 2.94. The monoisotopic (exact) mass is 337 g/mol. The molecule has 1 rings (SSSR count). The molecule has 0 aliphatic heterocycles. The lowest BCUT2D eigenvalue weighted by molar-refractivity contribution is -0.138. The van der Waals surface area contributed by atoms with E-state index in [1.165, 1.54) is 0 Å². The van der Waals surface area contributed by atoms with E-state index in [9.17, 15) is 13.2 Å². The van der Waals surface area contributed by atoms with Crippen molar-refractivity contribution in [3.63, 3.8) is 0 Å². The van der Waals surface area contributed by atoms with Gasteiger partial charge in [0.25, 0.3) is 0 Å². The Hall–Kier alpha value is -0.550. The van der Waals surface area contributed by atoms with Crippen LogP contribution in [0.2, 0.25) is 0 Å². The van der Waals surface area contributed by atoms with Crippen LogP contribution in [-0.4, -0.2) is 6.54 Å². The molecule has 19 heavy (non-hydrogen) atoms. The van der Waals surface area contributed by atoms with Crippen LogP contribution >= 0.6 is 15.9 Å². The molecular formula is C14H19BrF3N. The van der Waals surface area contributed by atoms with Crippen molar-refractivity contribution in [3.8, 4) is 0 Å². The largest absolute Gasteiger partial charge is 0.416 e. The van der Waals surface area contributed by atoms with Gasteiger partial charge in [-0.05, 0) is 36.6 Å². The Morgan fingerprint density at radius 1 is 1.26 bits per heavy atom. The van der Waals surface area contributed by atoms with Crippen LogP contribution in [0.5, 0.6) is 0 Å².